The van der Waals surface area contributed by atoms with Gasteiger partial charge < -0.3 is 15.2 Å². The number of carboxylic acid groups (broad SMARTS) is 1. The van der Waals surface area contributed by atoms with Crippen molar-refractivity contribution in [3.8, 4) is 5.75 Å². The molecule has 2 N–H and O–H groups in total. The van der Waals surface area contributed by atoms with Crippen molar-refractivity contribution in [1.29, 1.82) is 0 Å². The molecular formula is C22H20N2O6. The van der Waals surface area contributed by atoms with E-state index in [1.165, 1.54) is 18.2 Å². The molecule has 0 spiro atoms. The minimum Gasteiger partial charge on any atom is -0.478 e. The number of aliphatic carboxylic acids is 1. The molecule has 1 aliphatic rings. The second kappa shape index (κ2) is 8.20. The molecule has 0 saturated heterocycles. The third kappa shape index (κ3) is 4.07. The van der Waals surface area contributed by atoms with E-state index in [1.807, 2.05) is 6.92 Å². The van der Waals surface area contributed by atoms with E-state index in [0.29, 0.717) is 22.7 Å². The number of ether oxygens (including phenoxy) is 1. The minimum atomic E-state index is -1.23. The summed E-state index contributed by atoms with van der Waals surface area (Å²) in [5, 5.41) is 24.0. The van der Waals surface area contributed by atoms with Gasteiger partial charge in [-0.2, -0.15) is 0 Å². The predicted octanol–water partition coefficient (Wildman–Crippen LogP) is 3.83. The van der Waals surface area contributed by atoms with Gasteiger partial charge in [0.05, 0.1) is 22.0 Å². The van der Waals surface area contributed by atoms with E-state index in [0.717, 1.165) is 5.56 Å². The number of hydrogen-bond acceptors (Lipinski definition) is 6. The fourth-order valence-electron chi connectivity index (χ4n) is 3.47. The Kier molecular flexibility index (Phi) is 5.68. The molecule has 0 aromatic heterocycles. The maximum absolute atomic E-state index is 13.1. The molecule has 0 radical (unpaired) electrons. The maximum Gasteiger partial charge on any atom is 0.342 e. The molecule has 1 heterocycles. The van der Waals surface area contributed by atoms with E-state index in [-0.39, 0.29) is 16.8 Å². The van der Waals surface area contributed by atoms with E-state index in [1.54, 1.807) is 44.2 Å². The van der Waals surface area contributed by atoms with Crippen LogP contribution in [-0.4, -0.2) is 22.0 Å². The van der Waals surface area contributed by atoms with Crippen LogP contribution in [0.3, 0.4) is 0 Å². The Morgan fingerprint density at radius 1 is 1.03 bits per heavy atom. The zero-order chi connectivity index (χ0) is 22.0. The van der Waals surface area contributed by atoms with E-state index < -0.39 is 22.8 Å². The smallest absolute Gasteiger partial charge is 0.342 e. The number of carboxylic acids is 1. The number of nitro groups is 1. The molecule has 0 fully saturated rings. The van der Waals surface area contributed by atoms with Crippen molar-refractivity contribution >= 4 is 17.6 Å². The highest BCUT2D eigenvalue weighted by Gasteiger charge is 2.38. The molecule has 0 bridgehead atoms. The Bertz CT molecular complexity index is 1100. The highest BCUT2D eigenvalue weighted by molar-refractivity contribution is 6.00. The van der Waals surface area contributed by atoms with E-state index in [9.17, 15) is 24.8 Å². The number of dihydropyridines is 1. The Balaban J connectivity index is 2.10. The summed E-state index contributed by atoms with van der Waals surface area (Å²) in [7, 11) is 0. The van der Waals surface area contributed by atoms with Crippen molar-refractivity contribution in [2.75, 3.05) is 0 Å². The van der Waals surface area contributed by atoms with Gasteiger partial charge in [0.1, 0.15) is 5.75 Å². The number of non-ortho nitro benzene ring substituents is 1. The van der Waals surface area contributed by atoms with Crippen LogP contribution in [0.5, 0.6) is 5.75 Å². The molecule has 30 heavy (non-hydrogen) atoms. The zero-order valence-corrected chi connectivity index (χ0v) is 16.6. The highest BCUT2D eigenvalue weighted by Crippen LogP contribution is 2.39. The lowest BCUT2D eigenvalue weighted by molar-refractivity contribution is -0.384. The van der Waals surface area contributed by atoms with Gasteiger partial charge in [0.15, 0.2) is 0 Å². The van der Waals surface area contributed by atoms with Crippen LogP contribution in [0.1, 0.15) is 30.9 Å². The fraction of sp³-hybridized carbons (Fsp3) is 0.182. The summed E-state index contributed by atoms with van der Waals surface area (Å²) >= 11 is 0. The number of carbonyl (C=O) groups excluding carboxylic acids is 1. The van der Waals surface area contributed by atoms with Gasteiger partial charge in [-0.15, -0.1) is 0 Å². The molecule has 1 aliphatic heterocycles. The van der Waals surface area contributed by atoms with Crippen LogP contribution in [0.15, 0.2) is 71.1 Å². The number of allylic oxidation sites excluding steroid dienone is 2. The van der Waals surface area contributed by atoms with E-state index in [2.05, 4.69) is 5.32 Å². The van der Waals surface area contributed by atoms with Crippen LogP contribution in [0, 0.1) is 17.0 Å². The summed E-state index contributed by atoms with van der Waals surface area (Å²) < 4.78 is 5.49. The monoisotopic (exact) mass is 408 g/mol. The van der Waals surface area contributed by atoms with Gasteiger partial charge in [-0.25, -0.2) is 9.59 Å². The summed E-state index contributed by atoms with van der Waals surface area (Å²) in [5.41, 5.74) is 1.89. The second-order valence-electron chi connectivity index (χ2n) is 7.00. The van der Waals surface area contributed by atoms with Gasteiger partial charge in [-0.05, 0) is 38.5 Å². The average molecular weight is 408 g/mol. The van der Waals surface area contributed by atoms with Gasteiger partial charge >= 0.3 is 11.9 Å². The molecule has 154 valence electrons. The second-order valence-corrected chi connectivity index (χ2v) is 7.00. The van der Waals surface area contributed by atoms with Crippen LogP contribution >= 0.6 is 0 Å². The summed E-state index contributed by atoms with van der Waals surface area (Å²) in [4.78, 5) is 35.8. The largest absolute Gasteiger partial charge is 0.478 e. The Labute approximate surface area is 172 Å². The van der Waals surface area contributed by atoms with Crippen molar-refractivity contribution in [3.05, 3.63) is 92.3 Å². The molecule has 0 amide bonds. The molecule has 0 saturated carbocycles. The van der Waals surface area contributed by atoms with Crippen LogP contribution < -0.4 is 10.1 Å². The molecule has 1 atom stereocenters. The number of rotatable bonds is 5. The first-order valence-corrected chi connectivity index (χ1v) is 9.14. The quantitative estimate of drug-likeness (QED) is 0.334. The molecule has 8 heteroatoms. The SMILES string of the molecule is CC1=C(C(=O)O)C(c2cccc([N+](=O)[O-])c2)C(C(=O)Oc2ccc(C)cc2)=C(C)N1. The standard InChI is InChI=1S/C22H20N2O6/c1-12-7-9-17(10-8-12)30-22(27)19-14(3)23-13(2)18(21(25)26)20(19)15-5-4-6-16(11-15)24(28)29/h4-11,20,23H,1-3H3,(H,25,26). The first-order chi connectivity index (χ1) is 14.2. The van der Waals surface area contributed by atoms with Crippen molar-refractivity contribution in [1.82, 2.24) is 5.32 Å². The summed E-state index contributed by atoms with van der Waals surface area (Å²) in [5.74, 6) is -2.68. The third-order valence-electron chi connectivity index (χ3n) is 4.86. The molecule has 2 aromatic carbocycles. The average Bonchev–Trinajstić information content (AvgIpc) is 2.68. The van der Waals surface area contributed by atoms with Gasteiger partial charge in [0.2, 0.25) is 0 Å². The Morgan fingerprint density at radius 3 is 2.27 bits per heavy atom. The van der Waals surface area contributed by atoms with Gasteiger partial charge in [-0.1, -0.05) is 29.8 Å². The number of carbonyl (C=O) groups is 2. The van der Waals surface area contributed by atoms with Crippen LogP contribution in [0.2, 0.25) is 0 Å². The molecule has 8 nitrogen and oxygen atoms in total. The molecule has 2 aromatic rings. The van der Waals surface area contributed by atoms with Crippen molar-refractivity contribution < 1.29 is 24.4 Å². The molecule has 3 rings (SSSR count). The van der Waals surface area contributed by atoms with Crippen LogP contribution in [-0.2, 0) is 9.59 Å². The lowest BCUT2D eigenvalue weighted by atomic mass is 9.80. The maximum atomic E-state index is 13.1. The highest BCUT2D eigenvalue weighted by atomic mass is 16.6. The van der Waals surface area contributed by atoms with Crippen molar-refractivity contribution in [2.24, 2.45) is 0 Å². The van der Waals surface area contributed by atoms with Crippen LogP contribution in [0.25, 0.3) is 0 Å². The zero-order valence-electron chi connectivity index (χ0n) is 16.6. The number of nitro benzene ring substituents is 1. The summed E-state index contributed by atoms with van der Waals surface area (Å²) in [6.07, 6.45) is 0. The third-order valence-corrected chi connectivity index (χ3v) is 4.86. The number of nitrogens with zero attached hydrogens (tertiary/aromatic N) is 1. The molecular weight excluding hydrogens is 388 g/mol. The van der Waals surface area contributed by atoms with Crippen molar-refractivity contribution in [3.63, 3.8) is 0 Å². The number of nitrogens with one attached hydrogen (secondary N) is 1. The van der Waals surface area contributed by atoms with Gasteiger partial charge in [0.25, 0.3) is 5.69 Å². The van der Waals surface area contributed by atoms with E-state index >= 15 is 0 Å². The first kappa shape index (κ1) is 20.8. The lowest BCUT2D eigenvalue weighted by Crippen LogP contribution is -2.32. The number of benzene rings is 2. The Morgan fingerprint density at radius 2 is 1.67 bits per heavy atom. The van der Waals surface area contributed by atoms with Crippen LogP contribution in [0.4, 0.5) is 5.69 Å². The predicted molar refractivity (Wildman–Crippen MR) is 109 cm³/mol. The fourth-order valence-corrected chi connectivity index (χ4v) is 3.47. The number of hydrogen-bond donors (Lipinski definition) is 2. The summed E-state index contributed by atoms with van der Waals surface area (Å²) in [6.45, 7) is 5.12. The van der Waals surface area contributed by atoms with Crippen molar-refractivity contribution in [2.45, 2.75) is 26.7 Å². The Hall–Kier alpha value is -3.94. The van der Waals surface area contributed by atoms with Gasteiger partial charge in [-0.3, -0.25) is 10.1 Å². The topological polar surface area (TPSA) is 119 Å². The molecule has 0 aliphatic carbocycles. The number of aryl methyl sites for hydroxylation is 1. The lowest BCUT2D eigenvalue weighted by Gasteiger charge is -2.29. The number of esters is 1. The van der Waals surface area contributed by atoms with E-state index in [4.69, 9.17) is 4.74 Å². The normalized spacial score (nSPS) is 16.2. The first-order valence-electron chi connectivity index (χ1n) is 9.14. The minimum absolute atomic E-state index is 0.0723. The summed E-state index contributed by atoms with van der Waals surface area (Å²) in [6, 6.07) is 12.5. The molecule has 1 unspecified atom stereocenters. The van der Waals surface area contributed by atoms with Gasteiger partial charge in [0, 0.05) is 23.5 Å².